The number of carbonyl (C=O) groups is 1. The van der Waals surface area contributed by atoms with Gasteiger partial charge in [-0.3, -0.25) is 14.9 Å². The van der Waals surface area contributed by atoms with Gasteiger partial charge in [-0.1, -0.05) is 12.1 Å². The van der Waals surface area contributed by atoms with Gasteiger partial charge in [-0.25, -0.2) is 8.42 Å². The second-order valence-electron chi connectivity index (χ2n) is 3.78. The summed E-state index contributed by atoms with van der Waals surface area (Å²) in [5.74, 6) is -2.42. The van der Waals surface area contributed by atoms with Gasteiger partial charge >= 0.3 is 5.97 Å². The molecule has 0 aromatic heterocycles. The highest BCUT2D eigenvalue weighted by Crippen LogP contribution is 2.32. The van der Waals surface area contributed by atoms with Crippen molar-refractivity contribution in [1.82, 2.24) is 0 Å². The molecule has 0 saturated carbocycles. The van der Waals surface area contributed by atoms with Crippen molar-refractivity contribution in [3.63, 3.8) is 0 Å². The quantitative estimate of drug-likeness (QED) is 0.650. The highest BCUT2D eigenvalue weighted by atomic mass is 32.2. The average Bonchev–Trinajstić information content (AvgIpc) is 2.25. The monoisotopic (exact) mass is 273 g/mol. The van der Waals surface area contributed by atoms with Crippen molar-refractivity contribution in [1.29, 1.82) is 0 Å². The predicted octanol–water partition coefficient (Wildman–Crippen LogP) is 1.19. The number of hydrogen-bond donors (Lipinski definition) is 1. The van der Waals surface area contributed by atoms with Gasteiger partial charge in [-0.2, -0.15) is 0 Å². The number of nitrogens with zero attached hydrogens (tertiary/aromatic N) is 1. The van der Waals surface area contributed by atoms with E-state index in [0.29, 0.717) is 0 Å². The largest absolute Gasteiger partial charge is 0.481 e. The first-order valence-corrected chi connectivity index (χ1v) is 6.75. The number of benzene rings is 1. The summed E-state index contributed by atoms with van der Waals surface area (Å²) in [6.45, 7) is 1.26. The number of nitro benzene ring substituents is 1. The van der Waals surface area contributed by atoms with Gasteiger partial charge in [0.05, 0.1) is 10.8 Å². The van der Waals surface area contributed by atoms with Crippen molar-refractivity contribution in [2.24, 2.45) is 0 Å². The topological polar surface area (TPSA) is 115 Å². The third-order valence-electron chi connectivity index (χ3n) is 2.45. The van der Waals surface area contributed by atoms with E-state index in [0.717, 1.165) is 12.3 Å². The Kier molecular flexibility index (Phi) is 3.70. The minimum atomic E-state index is -3.79. The van der Waals surface area contributed by atoms with Crippen LogP contribution in [0.3, 0.4) is 0 Å². The SMILES string of the molecule is CC(C(=O)O)c1cccc(S(C)(=O)=O)c1[N+](=O)[O-]. The van der Waals surface area contributed by atoms with Gasteiger partial charge in [0.1, 0.15) is 4.90 Å². The first kappa shape index (κ1) is 14.1. The van der Waals surface area contributed by atoms with Crippen LogP contribution in [0, 0.1) is 10.1 Å². The molecule has 0 aliphatic carbocycles. The van der Waals surface area contributed by atoms with Crippen LogP contribution < -0.4 is 0 Å². The Morgan fingerprint density at radius 1 is 1.44 bits per heavy atom. The fourth-order valence-corrected chi connectivity index (χ4v) is 2.39. The molecular weight excluding hydrogens is 262 g/mol. The van der Waals surface area contributed by atoms with Crippen LogP contribution in [0.1, 0.15) is 18.4 Å². The molecule has 1 rings (SSSR count). The summed E-state index contributed by atoms with van der Waals surface area (Å²) in [5.41, 5.74) is -0.801. The van der Waals surface area contributed by atoms with Gasteiger partial charge in [0, 0.05) is 11.8 Å². The molecule has 1 unspecified atom stereocenters. The predicted molar refractivity (Wildman–Crippen MR) is 62.3 cm³/mol. The van der Waals surface area contributed by atoms with Gasteiger partial charge in [-0.15, -0.1) is 0 Å². The lowest BCUT2D eigenvalue weighted by molar-refractivity contribution is -0.388. The lowest BCUT2D eigenvalue weighted by Crippen LogP contribution is -2.12. The summed E-state index contributed by atoms with van der Waals surface area (Å²) in [6, 6.07) is 3.62. The minimum Gasteiger partial charge on any atom is -0.481 e. The van der Waals surface area contributed by atoms with E-state index in [1.165, 1.54) is 19.1 Å². The molecule has 98 valence electrons. The zero-order valence-corrected chi connectivity index (χ0v) is 10.5. The number of para-hydroxylation sites is 1. The average molecular weight is 273 g/mol. The molecule has 0 bridgehead atoms. The van der Waals surface area contributed by atoms with Crippen molar-refractivity contribution in [2.45, 2.75) is 17.7 Å². The molecule has 18 heavy (non-hydrogen) atoms. The smallest absolute Gasteiger partial charge is 0.310 e. The van der Waals surface area contributed by atoms with E-state index in [-0.39, 0.29) is 5.56 Å². The lowest BCUT2D eigenvalue weighted by Gasteiger charge is -2.09. The Labute approximate surface area is 103 Å². The van der Waals surface area contributed by atoms with E-state index in [4.69, 9.17) is 5.11 Å². The van der Waals surface area contributed by atoms with E-state index in [1.807, 2.05) is 0 Å². The third-order valence-corrected chi connectivity index (χ3v) is 3.58. The molecule has 1 N–H and O–H groups in total. The van der Waals surface area contributed by atoms with Crippen LogP contribution in [0.2, 0.25) is 0 Å². The highest BCUT2D eigenvalue weighted by molar-refractivity contribution is 7.90. The molecule has 0 fully saturated rings. The molecule has 0 spiro atoms. The standard InChI is InChI=1S/C10H11NO6S/c1-6(10(12)13)7-4-3-5-8(18(2,16)17)9(7)11(14)15/h3-6H,1-2H3,(H,12,13). The van der Waals surface area contributed by atoms with Crippen molar-refractivity contribution >= 4 is 21.5 Å². The number of carboxylic acid groups (broad SMARTS) is 1. The second-order valence-corrected chi connectivity index (χ2v) is 5.77. The highest BCUT2D eigenvalue weighted by Gasteiger charge is 2.30. The van der Waals surface area contributed by atoms with Crippen molar-refractivity contribution < 1.29 is 23.2 Å². The number of carboxylic acids is 1. The van der Waals surface area contributed by atoms with Crippen LogP contribution in [0.4, 0.5) is 5.69 Å². The Hall–Kier alpha value is -1.96. The Bertz CT molecular complexity index is 607. The van der Waals surface area contributed by atoms with Gasteiger partial charge in [0.2, 0.25) is 0 Å². The molecule has 0 saturated heterocycles. The van der Waals surface area contributed by atoms with Crippen LogP contribution >= 0.6 is 0 Å². The van der Waals surface area contributed by atoms with E-state index in [2.05, 4.69) is 0 Å². The number of nitro groups is 1. The fourth-order valence-electron chi connectivity index (χ4n) is 1.52. The summed E-state index contributed by atoms with van der Waals surface area (Å²) in [5, 5.41) is 19.8. The summed E-state index contributed by atoms with van der Waals surface area (Å²) >= 11 is 0. The lowest BCUT2D eigenvalue weighted by atomic mass is 9.99. The molecule has 0 aliphatic rings. The van der Waals surface area contributed by atoms with E-state index >= 15 is 0 Å². The molecule has 0 heterocycles. The number of aliphatic carboxylic acids is 1. The molecule has 0 radical (unpaired) electrons. The van der Waals surface area contributed by atoms with Crippen LogP contribution in [-0.2, 0) is 14.6 Å². The molecule has 1 atom stereocenters. The van der Waals surface area contributed by atoms with Gasteiger partial charge in [-0.05, 0) is 13.0 Å². The van der Waals surface area contributed by atoms with E-state index < -0.39 is 37.2 Å². The third kappa shape index (κ3) is 2.65. The summed E-state index contributed by atoms with van der Waals surface area (Å²) in [4.78, 5) is 20.5. The van der Waals surface area contributed by atoms with Gasteiger partial charge < -0.3 is 5.11 Å². The maximum atomic E-state index is 11.5. The van der Waals surface area contributed by atoms with Crippen molar-refractivity contribution in [2.75, 3.05) is 6.26 Å². The Morgan fingerprint density at radius 3 is 2.39 bits per heavy atom. The molecule has 0 aliphatic heterocycles. The maximum absolute atomic E-state index is 11.5. The zero-order valence-electron chi connectivity index (χ0n) is 9.65. The Balaban J connectivity index is 3.65. The molecule has 8 heteroatoms. The summed E-state index contributed by atoms with van der Waals surface area (Å²) in [7, 11) is -3.79. The normalized spacial score (nSPS) is 13.0. The molecule has 7 nitrogen and oxygen atoms in total. The summed E-state index contributed by atoms with van der Waals surface area (Å²) in [6.07, 6.45) is 0.838. The van der Waals surface area contributed by atoms with E-state index in [9.17, 15) is 23.3 Å². The van der Waals surface area contributed by atoms with E-state index in [1.54, 1.807) is 0 Å². The van der Waals surface area contributed by atoms with Gasteiger partial charge in [0.25, 0.3) is 5.69 Å². The first-order chi connectivity index (χ1) is 8.16. The van der Waals surface area contributed by atoms with Crippen molar-refractivity contribution in [3.8, 4) is 0 Å². The molecule has 1 aromatic carbocycles. The first-order valence-electron chi connectivity index (χ1n) is 4.86. The number of hydrogen-bond acceptors (Lipinski definition) is 5. The molecule has 0 amide bonds. The zero-order chi connectivity index (χ0) is 14.1. The molecular formula is C10H11NO6S. The number of rotatable bonds is 4. The van der Waals surface area contributed by atoms with Crippen LogP contribution in [0.25, 0.3) is 0 Å². The van der Waals surface area contributed by atoms with Crippen LogP contribution in [0.5, 0.6) is 0 Å². The number of sulfone groups is 1. The maximum Gasteiger partial charge on any atom is 0.310 e. The van der Waals surface area contributed by atoms with Crippen LogP contribution in [0.15, 0.2) is 23.1 Å². The van der Waals surface area contributed by atoms with Crippen LogP contribution in [-0.4, -0.2) is 30.7 Å². The molecule has 1 aromatic rings. The van der Waals surface area contributed by atoms with Crippen molar-refractivity contribution in [3.05, 3.63) is 33.9 Å². The Morgan fingerprint density at radius 2 is 2.00 bits per heavy atom. The summed E-state index contributed by atoms with van der Waals surface area (Å²) < 4.78 is 22.9. The fraction of sp³-hybridized carbons (Fsp3) is 0.300. The second kappa shape index (κ2) is 4.73. The minimum absolute atomic E-state index is 0.129. The van der Waals surface area contributed by atoms with Gasteiger partial charge in [0.15, 0.2) is 9.84 Å².